The van der Waals surface area contributed by atoms with Crippen molar-refractivity contribution in [2.45, 2.75) is 6.92 Å². The van der Waals surface area contributed by atoms with Crippen molar-refractivity contribution in [3.05, 3.63) is 131 Å². The van der Waals surface area contributed by atoms with Gasteiger partial charge in [0.05, 0.1) is 23.7 Å². The number of carbonyl (C=O) groups excluding carboxylic acids is 3. The van der Waals surface area contributed by atoms with Gasteiger partial charge in [0.25, 0.3) is 11.8 Å². The van der Waals surface area contributed by atoms with Crippen LogP contribution in [0.15, 0.2) is 125 Å². The summed E-state index contributed by atoms with van der Waals surface area (Å²) < 4.78 is 8.74. The standard InChI is InChI=1S/C35H26BrN3O4/c1-2-43-31-16-10-9-15-29(31)39-34(41)28(33(40)37-35(39)42)21-25-22-30(23-11-5-3-6-12-23)38(27-19-17-26(36)18-20-27)32(25)24-13-7-4-8-14-24/h3-22H,2H2,1H3,(H,37,40,42)/b28-21-. The van der Waals surface area contributed by atoms with E-state index in [-0.39, 0.29) is 11.3 Å². The highest BCUT2D eigenvalue weighted by molar-refractivity contribution is 9.10. The summed E-state index contributed by atoms with van der Waals surface area (Å²) in [4.78, 5) is 41.1. The Labute approximate surface area is 257 Å². The van der Waals surface area contributed by atoms with E-state index >= 15 is 0 Å². The summed E-state index contributed by atoms with van der Waals surface area (Å²) in [6.45, 7) is 2.16. The second-order valence-electron chi connectivity index (χ2n) is 9.74. The Hall–Kier alpha value is -5.21. The van der Waals surface area contributed by atoms with E-state index in [9.17, 15) is 14.4 Å². The van der Waals surface area contributed by atoms with E-state index in [1.165, 1.54) is 0 Å². The molecule has 0 bridgehead atoms. The Morgan fingerprint density at radius 3 is 2.09 bits per heavy atom. The van der Waals surface area contributed by atoms with Crippen LogP contribution in [0, 0.1) is 0 Å². The fourth-order valence-electron chi connectivity index (χ4n) is 5.16. The number of para-hydroxylation sites is 2. The Balaban J connectivity index is 1.58. The normalized spacial score (nSPS) is 14.2. The Morgan fingerprint density at radius 2 is 1.42 bits per heavy atom. The van der Waals surface area contributed by atoms with E-state index in [4.69, 9.17) is 4.74 Å². The van der Waals surface area contributed by atoms with Crippen LogP contribution in [0.4, 0.5) is 10.5 Å². The third kappa shape index (κ3) is 5.40. The molecular formula is C35H26BrN3O4. The molecule has 0 aliphatic carbocycles. The zero-order chi connectivity index (χ0) is 29.9. The van der Waals surface area contributed by atoms with Crippen molar-refractivity contribution in [3.63, 3.8) is 0 Å². The number of carbonyl (C=O) groups is 3. The number of hydrogen-bond acceptors (Lipinski definition) is 4. The number of imide groups is 2. The molecule has 8 heteroatoms. The number of urea groups is 1. The molecule has 2 heterocycles. The number of nitrogens with zero attached hydrogens (tertiary/aromatic N) is 2. The van der Waals surface area contributed by atoms with Crippen LogP contribution in [0.5, 0.6) is 5.75 Å². The minimum absolute atomic E-state index is 0.171. The highest BCUT2D eigenvalue weighted by atomic mass is 79.9. The number of aromatic nitrogens is 1. The van der Waals surface area contributed by atoms with Crippen LogP contribution in [0.3, 0.4) is 0 Å². The van der Waals surface area contributed by atoms with Crippen molar-refractivity contribution in [3.8, 4) is 34.0 Å². The molecule has 4 aromatic carbocycles. The van der Waals surface area contributed by atoms with Gasteiger partial charge < -0.3 is 9.30 Å². The summed E-state index contributed by atoms with van der Waals surface area (Å²) in [5.41, 5.74) is 5.11. The van der Waals surface area contributed by atoms with Gasteiger partial charge in [0.15, 0.2) is 0 Å². The number of ether oxygens (including phenoxy) is 1. The van der Waals surface area contributed by atoms with Crippen molar-refractivity contribution in [1.82, 2.24) is 9.88 Å². The number of hydrogen-bond donors (Lipinski definition) is 1. The topological polar surface area (TPSA) is 80.6 Å². The van der Waals surface area contributed by atoms with Crippen LogP contribution in [-0.4, -0.2) is 29.0 Å². The van der Waals surface area contributed by atoms with Crippen molar-refractivity contribution in [1.29, 1.82) is 0 Å². The summed E-state index contributed by atoms with van der Waals surface area (Å²) in [5.74, 6) is -1.14. The van der Waals surface area contributed by atoms with Crippen LogP contribution in [0.25, 0.3) is 34.3 Å². The molecule has 1 fully saturated rings. The average molecular weight is 633 g/mol. The first-order valence-electron chi connectivity index (χ1n) is 13.7. The Bertz CT molecular complexity index is 1860. The van der Waals surface area contributed by atoms with Gasteiger partial charge in [-0.15, -0.1) is 0 Å². The van der Waals surface area contributed by atoms with Crippen molar-refractivity contribution >= 4 is 45.5 Å². The molecule has 43 heavy (non-hydrogen) atoms. The third-order valence-electron chi connectivity index (χ3n) is 7.04. The first-order valence-corrected chi connectivity index (χ1v) is 14.5. The molecule has 6 rings (SSSR count). The minimum atomic E-state index is -0.833. The lowest BCUT2D eigenvalue weighted by Gasteiger charge is -2.27. The lowest BCUT2D eigenvalue weighted by atomic mass is 10.0. The molecule has 5 aromatic rings. The molecule has 1 aliphatic heterocycles. The number of barbiturate groups is 1. The fraction of sp³-hybridized carbons (Fsp3) is 0.0571. The van der Waals surface area contributed by atoms with Gasteiger partial charge in [0, 0.05) is 15.7 Å². The quantitative estimate of drug-likeness (QED) is 0.148. The van der Waals surface area contributed by atoms with Gasteiger partial charge >= 0.3 is 6.03 Å². The maximum absolute atomic E-state index is 13.9. The Kier molecular flexibility index (Phi) is 7.77. The largest absolute Gasteiger partial charge is 0.492 e. The van der Waals surface area contributed by atoms with Gasteiger partial charge in [-0.05, 0) is 66.6 Å². The van der Waals surface area contributed by atoms with Gasteiger partial charge in [0.1, 0.15) is 11.3 Å². The molecule has 7 nitrogen and oxygen atoms in total. The van der Waals surface area contributed by atoms with Crippen molar-refractivity contribution in [2.75, 3.05) is 11.5 Å². The first kappa shape index (κ1) is 27.9. The van der Waals surface area contributed by atoms with Crippen LogP contribution in [0.2, 0.25) is 0 Å². The molecule has 1 N–H and O–H groups in total. The lowest BCUT2D eigenvalue weighted by molar-refractivity contribution is -0.122. The van der Waals surface area contributed by atoms with Gasteiger partial charge in [-0.25, -0.2) is 9.69 Å². The molecule has 0 spiro atoms. The highest BCUT2D eigenvalue weighted by Crippen LogP contribution is 2.38. The number of halogens is 1. The van der Waals surface area contributed by atoms with Gasteiger partial charge in [-0.1, -0.05) is 88.7 Å². The molecule has 0 unspecified atom stereocenters. The lowest BCUT2D eigenvalue weighted by Crippen LogP contribution is -2.54. The average Bonchev–Trinajstić information content (AvgIpc) is 3.40. The van der Waals surface area contributed by atoms with E-state index in [2.05, 4.69) is 25.8 Å². The van der Waals surface area contributed by atoms with E-state index < -0.39 is 17.8 Å². The van der Waals surface area contributed by atoms with E-state index in [0.717, 1.165) is 37.6 Å². The first-order chi connectivity index (χ1) is 21.0. The molecule has 212 valence electrons. The number of benzene rings is 4. The monoisotopic (exact) mass is 631 g/mol. The number of anilines is 1. The summed E-state index contributed by atoms with van der Waals surface area (Å²) in [5, 5.41) is 2.34. The smallest absolute Gasteiger partial charge is 0.336 e. The molecule has 1 aromatic heterocycles. The zero-order valence-electron chi connectivity index (χ0n) is 23.2. The van der Waals surface area contributed by atoms with Crippen LogP contribution in [-0.2, 0) is 9.59 Å². The summed E-state index contributed by atoms with van der Waals surface area (Å²) in [7, 11) is 0. The maximum atomic E-state index is 13.9. The van der Waals surface area contributed by atoms with Gasteiger partial charge in [-0.2, -0.15) is 0 Å². The Morgan fingerprint density at radius 1 is 0.791 bits per heavy atom. The predicted molar refractivity (Wildman–Crippen MR) is 171 cm³/mol. The fourth-order valence-corrected chi connectivity index (χ4v) is 5.43. The van der Waals surface area contributed by atoms with Crippen LogP contribution >= 0.6 is 15.9 Å². The highest BCUT2D eigenvalue weighted by Gasteiger charge is 2.38. The molecule has 0 radical (unpaired) electrons. The zero-order valence-corrected chi connectivity index (χ0v) is 24.7. The second-order valence-corrected chi connectivity index (χ2v) is 10.7. The van der Waals surface area contributed by atoms with E-state index in [1.54, 1.807) is 30.3 Å². The summed E-state index contributed by atoms with van der Waals surface area (Å²) >= 11 is 3.53. The van der Waals surface area contributed by atoms with E-state index in [1.807, 2.05) is 97.9 Å². The predicted octanol–water partition coefficient (Wildman–Crippen LogP) is 7.64. The third-order valence-corrected chi connectivity index (χ3v) is 7.57. The molecule has 0 atom stereocenters. The summed E-state index contributed by atoms with van der Waals surface area (Å²) in [6, 6.07) is 35.5. The maximum Gasteiger partial charge on any atom is 0.336 e. The SMILES string of the molecule is CCOc1ccccc1N1C(=O)NC(=O)/C(=C/c2cc(-c3ccccc3)n(-c3ccc(Br)cc3)c2-c2ccccc2)C1=O. The summed E-state index contributed by atoms with van der Waals surface area (Å²) in [6.07, 6.45) is 1.56. The van der Waals surface area contributed by atoms with Crippen LogP contribution < -0.4 is 15.0 Å². The molecule has 1 saturated heterocycles. The second kappa shape index (κ2) is 12.0. The van der Waals surface area contributed by atoms with Gasteiger partial charge in [0.2, 0.25) is 0 Å². The molecule has 1 aliphatic rings. The minimum Gasteiger partial charge on any atom is -0.492 e. The van der Waals surface area contributed by atoms with Gasteiger partial charge in [-0.3, -0.25) is 14.9 Å². The number of rotatable bonds is 7. The molecule has 0 saturated carbocycles. The van der Waals surface area contributed by atoms with Crippen LogP contribution in [0.1, 0.15) is 12.5 Å². The van der Waals surface area contributed by atoms with Crippen molar-refractivity contribution in [2.24, 2.45) is 0 Å². The van der Waals surface area contributed by atoms with E-state index in [0.29, 0.717) is 17.9 Å². The number of amides is 4. The van der Waals surface area contributed by atoms with Crippen molar-refractivity contribution < 1.29 is 19.1 Å². The molecular weight excluding hydrogens is 606 g/mol. The molecule has 4 amide bonds. The number of nitrogens with one attached hydrogen (secondary N) is 1.